The molecule has 5 rings (SSSR count). The fourth-order valence-corrected chi connectivity index (χ4v) is 4.87. The molecule has 0 atom stereocenters. The lowest BCUT2D eigenvalue weighted by atomic mass is 10.0. The van der Waals surface area contributed by atoms with Crippen molar-refractivity contribution in [3.05, 3.63) is 89.7 Å². The third-order valence-corrected chi connectivity index (χ3v) is 6.67. The Kier molecular flexibility index (Phi) is 6.26. The third kappa shape index (κ3) is 4.71. The summed E-state index contributed by atoms with van der Waals surface area (Å²) in [4.78, 5) is 32.3. The maximum atomic E-state index is 13.2. The molecule has 6 heteroatoms. The Hall–Kier alpha value is -3.38. The van der Waals surface area contributed by atoms with Gasteiger partial charge < -0.3 is 14.4 Å². The number of aromatic nitrogens is 1. The summed E-state index contributed by atoms with van der Waals surface area (Å²) in [5, 5.41) is 0. The van der Waals surface area contributed by atoms with Crippen molar-refractivity contribution in [2.24, 2.45) is 0 Å². The van der Waals surface area contributed by atoms with E-state index in [9.17, 15) is 9.59 Å². The highest BCUT2D eigenvalue weighted by atomic mass is 16.2. The number of carbonyl (C=O) groups excluding carboxylic acids is 2. The molecule has 0 spiro atoms. The standard InChI is InChI=1S/C27H30N4O2/c32-26(31-15-6-11-23-10-4-5-12-24(23)31)21-28-16-18-29(19-17-28)27(33)25-13-7-14-30(25)20-22-8-2-1-3-9-22/h1-5,7-10,12-14H,6,11,15-21H2. The molecule has 2 amide bonds. The van der Waals surface area contributed by atoms with Crippen molar-refractivity contribution in [2.45, 2.75) is 19.4 Å². The van der Waals surface area contributed by atoms with E-state index in [0.717, 1.165) is 25.1 Å². The first-order chi connectivity index (χ1) is 16.2. The molecule has 3 aromatic rings. The summed E-state index contributed by atoms with van der Waals surface area (Å²) in [6.07, 6.45) is 4.01. The van der Waals surface area contributed by atoms with Crippen molar-refractivity contribution >= 4 is 17.5 Å². The second kappa shape index (κ2) is 9.63. The number of benzene rings is 2. The Bertz CT molecular complexity index is 1120. The van der Waals surface area contributed by atoms with Crippen LogP contribution in [-0.4, -0.2) is 65.4 Å². The third-order valence-electron chi connectivity index (χ3n) is 6.67. The molecule has 0 bridgehead atoms. The van der Waals surface area contributed by atoms with Gasteiger partial charge in [0.15, 0.2) is 0 Å². The van der Waals surface area contributed by atoms with E-state index in [0.29, 0.717) is 45.0 Å². The van der Waals surface area contributed by atoms with Crippen molar-refractivity contribution in [1.29, 1.82) is 0 Å². The highest BCUT2D eigenvalue weighted by molar-refractivity contribution is 5.96. The number of aryl methyl sites for hydroxylation is 1. The van der Waals surface area contributed by atoms with E-state index in [1.807, 2.05) is 69.1 Å². The zero-order valence-corrected chi connectivity index (χ0v) is 18.9. The lowest BCUT2D eigenvalue weighted by Gasteiger charge is -2.36. The molecule has 2 aliphatic heterocycles. The van der Waals surface area contributed by atoms with Crippen molar-refractivity contribution in [3.8, 4) is 0 Å². The molecular weight excluding hydrogens is 412 g/mol. The van der Waals surface area contributed by atoms with Crippen LogP contribution in [0.3, 0.4) is 0 Å². The topological polar surface area (TPSA) is 48.8 Å². The Morgan fingerprint density at radius 2 is 1.55 bits per heavy atom. The van der Waals surface area contributed by atoms with Crippen LogP contribution in [0, 0.1) is 0 Å². The van der Waals surface area contributed by atoms with Crippen LogP contribution in [0.15, 0.2) is 72.9 Å². The zero-order chi connectivity index (χ0) is 22.6. The van der Waals surface area contributed by atoms with E-state index >= 15 is 0 Å². The minimum atomic E-state index is 0.0619. The second-order valence-corrected chi connectivity index (χ2v) is 8.85. The summed E-state index contributed by atoms with van der Waals surface area (Å²) < 4.78 is 2.02. The van der Waals surface area contributed by atoms with Crippen molar-refractivity contribution in [1.82, 2.24) is 14.4 Å². The molecule has 33 heavy (non-hydrogen) atoms. The summed E-state index contributed by atoms with van der Waals surface area (Å²) in [7, 11) is 0. The summed E-state index contributed by atoms with van der Waals surface area (Å²) in [5.41, 5.74) is 4.20. The maximum Gasteiger partial charge on any atom is 0.270 e. The predicted octanol–water partition coefficient (Wildman–Crippen LogP) is 3.27. The first kappa shape index (κ1) is 21.5. The highest BCUT2D eigenvalue weighted by Gasteiger charge is 2.28. The number of hydrogen-bond acceptors (Lipinski definition) is 3. The van der Waals surface area contributed by atoms with Gasteiger partial charge in [0.2, 0.25) is 5.91 Å². The molecule has 2 aromatic carbocycles. The molecule has 6 nitrogen and oxygen atoms in total. The van der Waals surface area contributed by atoms with Gasteiger partial charge in [-0.2, -0.15) is 0 Å². The molecule has 0 unspecified atom stereocenters. The number of rotatable bonds is 5. The fourth-order valence-electron chi connectivity index (χ4n) is 4.87. The smallest absolute Gasteiger partial charge is 0.270 e. The van der Waals surface area contributed by atoms with Gasteiger partial charge in [0.05, 0.1) is 6.54 Å². The maximum absolute atomic E-state index is 13.2. The largest absolute Gasteiger partial charge is 0.339 e. The Labute approximate surface area is 195 Å². The number of nitrogens with zero attached hydrogens (tertiary/aromatic N) is 4. The number of piperazine rings is 1. The molecule has 1 aromatic heterocycles. The van der Waals surface area contributed by atoms with Crippen LogP contribution >= 0.6 is 0 Å². The number of amides is 2. The Morgan fingerprint density at radius 3 is 2.36 bits per heavy atom. The van der Waals surface area contributed by atoms with Gasteiger partial charge >= 0.3 is 0 Å². The van der Waals surface area contributed by atoms with E-state index in [4.69, 9.17) is 0 Å². The molecule has 1 saturated heterocycles. The highest BCUT2D eigenvalue weighted by Crippen LogP contribution is 2.27. The minimum Gasteiger partial charge on any atom is -0.339 e. The summed E-state index contributed by atoms with van der Waals surface area (Å²) in [6.45, 7) is 4.57. The number of anilines is 1. The fraction of sp³-hybridized carbons (Fsp3) is 0.333. The molecule has 0 aliphatic carbocycles. The summed E-state index contributed by atoms with van der Waals surface area (Å²) >= 11 is 0. The normalized spacial score (nSPS) is 16.5. The first-order valence-corrected chi connectivity index (χ1v) is 11.8. The summed E-state index contributed by atoms with van der Waals surface area (Å²) in [6, 6.07) is 22.2. The number of para-hydroxylation sites is 1. The van der Waals surface area contributed by atoms with E-state index in [2.05, 4.69) is 23.1 Å². The molecule has 0 N–H and O–H groups in total. The average Bonchev–Trinajstić information content (AvgIpc) is 3.32. The lowest BCUT2D eigenvalue weighted by molar-refractivity contribution is -0.120. The zero-order valence-electron chi connectivity index (χ0n) is 18.9. The van der Waals surface area contributed by atoms with Gasteiger partial charge in [-0.25, -0.2) is 0 Å². The van der Waals surface area contributed by atoms with Gasteiger partial charge in [-0.15, -0.1) is 0 Å². The minimum absolute atomic E-state index is 0.0619. The van der Waals surface area contributed by atoms with Gasteiger partial charge in [0.25, 0.3) is 5.91 Å². The van der Waals surface area contributed by atoms with Crippen molar-refractivity contribution in [3.63, 3.8) is 0 Å². The quantitative estimate of drug-likeness (QED) is 0.609. The number of fused-ring (bicyclic) bond motifs is 1. The van der Waals surface area contributed by atoms with Gasteiger partial charge in [0, 0.05) is 51.2 Å². The van der Waals surface area contributed by atoms with E-state index in [1.54, 1.807) is 0 Å². The van der Waals surface area contributed by atoms with Gasteiger partial charge in [-0.3, -0.25) is 14.5 Å². The Morgan fingerprint density at radius 1 is 0.788 bits per heavy atom. The number of hydrogen-bond donors (Lipinski definition) is 0. The van der Waals surface area contributed by atoms with Crippen LogP contribution in [0.25, 0.3) is 0 Å². The van der Waals surface area contributed by atoms with Crippen LogP contribution < -0.4 is 4.90 Å². The van der Waals surface area contributed by atoms with Gasteiger partial charge in [0.1, 0.15) is 5.69 Å². The van der Waals surface area contributed by atoms with Crippen LogP contribution in [0.4, 0.5) is 5.69 Å². The lowest BCUT2D eigenvalue weighted by Crippen LogP contribution is -2.52. The molecule has 0 radical (unpaired) electrons. The SMILES string of the molecule is O=C(c1cccn1Cc1ccccc1)N1CCN(CC(=O)N2CCCc3ccccc32)CC1. The first-order valence-electron chi connectivity index (χ1n) is 11.8. The van der Waals surface area contributed by atoms with Crippen LogP contribution in [-0.2, 0) is 17.8 Å². The molecule has 0 saturated carbocycles. The molecule has 2 aliphatic rings. The predicted molar refractivity (Wildman–Crippen MR) is 129 cm³/mol. The number of carbonyl (C=O) groups is 2. The van der Waals surface area contributed by atoms with Crippen LogP contribution in [0.5, 0.6) is 0 Å². The molecule has 1 fully saturated rings. The van der Waals surface area contributed by atoms with Crippen molar-refractivity contribution in [2.75, 3.05) is 44.2 Å². The Balaban J connectivity index is 1.17. The van der Waals surface area contributed by atoms with E-state index in [1.165, 1.54) is 11.1 Å². The second-order valence-electron chi connectivity index (χ2n) is 8.85. The molecule has 3 heterocycles. The van der Waals surface area contributed by atoms with Gasteiger partial charge in [-0.1, -0.05) is 48.5 Å². The summed E-state index contributed by atoms with van der Waals surface area (Å²) in [5.74, 6) is 0.213. The average molecular weight is 443 g/mol. The van der Waals surface area contributed by atoms with Crippen LogP contribution in [0.1, 0.15) is 28.0 Å². The molecule has 170 valence electrons. The monoisotopic (exact) mass is 442 g/mol. The van der Waals surface area contributed by atoms with Crippen LogP contribution in [0.2, 0.25) is 0 Å². The van der Waals surface area contributed by atoms with E-state index in [-0.39, 0.29) is 11.8 Å². The molecular formula is C27H30N4O2. The van der Waals surface area contributed by atoms with E-state index < -0.39 is 0 Å². The van der Waals surface area contributed by atoms with Crippen molar-refractivity contribution < 1.29 is 9.59 Å². The van der Waals surface area contributed by atoms with Gasteiger partial charge in [-0.05, 0) is 42.2 Å².